The fraction of sp³-hybridized carbons (Fsp3) is 0.125. The second-order valence-corrected chi connectivity index (χ2v) is 6.25. The van der Waals surface area contributed by atoms with E-state index in [2.05, 4.69) is 15.0 Å². The number of nitrogens with zero attached hydrogens (tertiary/aromatic N) is 2. The standard InChI is InChI=1S/C16H12ClF2N3O2S/c17-12-7-10(4-5-13(12)24-15(18)19)21-14(23)9-25-16-20-8-11-3-1-2-6-22(11)16/h1-8,15H,9H2,(H,21,23). The molecular formula is C16H12ClF2N3O2S. The van der Waals surface area contributed by atoms with Crippen LogP contribution in [0.25, 0.3) is 5.52 Å². The zero-order chi connectivity index (χ0) is 17.8. The molecular weight excluding hydrogens is 372 g/mol. The van der Waals surface area contributed by atoms with Gasteiger partial charge >= 0.3 is 6.61 Å². The van der Waals surface area contributed by atoms with Gasteiger partial charge < -0.3 is 10.1 Å². The van der Waals surface area contributed by atoms with Crippen molar-refractivity contribution in [3.8, 4) is 5.75 Å². The number of carbonyl (C=O) groups is 1. The Morgan fingerprint density at radius 3 is 2.96 bits per heavy atom. The first-order valence-electron chi connectivity index (χ1n) is 7.12. The van der Waals surface area contributed by atoms with Gasteiger partial charge in [0, 0.05) is 11.9 Å². The van der Waals surface area contributed by atoms with Crippen molar-refractivity contribution in [3.05, 3.63) is 53.8 Å². The van der Waals surface area contributed by atoms with Gasteiger partial charge in [0.15, 0.2) is 5.16 Å². The summed E-state index contributed by atoms with van der Waals surface area (Å²) >= 11 is 7.14. The van der Waals surface area contributed by atoms with Crippen molar-refractivity contribution >= 4 is 40.5 Å². The van der Waals surface area contributed by atoms with E-state index >= 15 is 0 Å². The Morgan fingerprint density at radius 1 is 1.36 bits per heavy atom. The first kappa shape index (κ1) is 17.5. The number of fused-ring (bicyclic) bond motifs is 1. The number of benzene rings is 1. The average Bonchev–Trinajstić information content (AvgIpc) is 2.98. The van der Waals surface area contributed by atoms with Crippen molar-refractivity contribution in [2.24, 2.45) is 0 Å². The number of anilines is 1. The fourth-order valence-electron chi connectivity index (χ4n) is 2.12. The highest BCUT2D eigenvalue weighted by molar-refractivity contribution is 7.99. The molecule has 0 atom stereocenters. The SMILES string of the molecule is O=C(CSc1ncc2ccccn12)Nc1ccc(OC(F)F)c(Cl)c1. The van der Waals surface area contributed by atoms with Gasteiger partial charge in [0.2, 0.25) is 5.91 Å². The molecule has 0 spiro atoms. The van der Waals surface area contributed by atoms with E-state index in [0.717, 1.165) is 5.52 Å². The topological polar surface area (TPSA) is 55.6 Å². The molecule has 25 heavy (non-hydrogen) atoms. The van der Waals surface area contributed by atoms with E-state index in [4.69, 9.17) is 11.6 Å². The highest BCUT2D eigenvalue weighted by Gasteiger charge is 2.11. The van der Waals surface area contributed by atoms with Crippen molar-refractivity contribution in [3.63, 3.8) is 0 Å². The molecule has 0 aliphatic carbocycles. The number of hydrogen-bond acceptors (Lipinski definition) is 4. The van der Waals surface area contributed by atoms with Crippen LogP contribution in [0.3, 0.4) is 0 Å². The second kappa shape index (κ2) is 7.71. The Labute approximate surface area is 151 Å². The fourth-order valence-corrected chi connectivity index (χ4v) is 3.11. The Kier molecular flexibility index (Phi) is 5.40. The minimum atomic E-state index is -2.96. The maximum absolute atomic E-state index is 12.2. The molecule has 0 aliphatic rings. The molecule has 0 fully saturated rings. The maximum Gasteiger partial charge on any atom is 0.387 e. The molecule has 2 aromatic heterocycles. The van der Waals surface area contributed by atoms with Crippen LogP contribution < -0.4 is 10.1 Å². The van der Waals surface area contributed by atoms with E-state index in [1.165, 1.54) is 30.0 Å². The molecule has 9 heteroatoms. The predicted octanol–water partition coefficient (Wildman–Crippen LogP) is 4.32. The summed E-state index contributed by atoms with van der Waals surface area (Å²) in [5.74, 6) is -0.273. The molecule has 5 nitrogen and oxygen atoms in total. The van der Waals surface area contributed by atoms with Crippen molar-refractivity contribution < 1.29 is 18.3 Å². The van der Waals surface area contributed by atoms with Gasteiger partial charge in [-0.25, -0.2) is 4.98 Å². The first-order valence-corrected chi connectivity index (χ1v) is 8.48. The number of ether oxygens (including phenoxy) is 1. The summed E-state index contributed by atoms with van der Waals surface area (Å²) in [7, 11) is 0. The molecule has 0 saturated heterocycles. The third kappa shape index (κ3) is 4.40. The summed E-state index contributed by atoms with van der Waals surface area (Å²) in [5.41, 5.74) is 1.33. The number of halogens is 3. The quantitative estimate of drug-likeness (QED) is 0.644. The van der Waals surface area contributed by atoms with Gasteiger partial charge in [0.25, 0.3) is 0 Å². The summed E-state index contributed by atoms with van der Waals surface area (Å²) in [6.45, 7) is -2.96. The van der Waals surface area contributed by atoms with Crippen LogP contribution in [0.1, 0.15) is 0 Å². The normalized spacial score (nSPS) is 11.0. The lowest BCUT2D eigenvalue weighted by molar-refractivity contribution is -0.113. The molecule has 3 rings (SSSR count). The largest absolute Gasteiger partial charge is 0.433 e. The van der Waals surface area contributed by atoms with Crippen molar-refractivity contribution in [2.75, 3.05) is 11.1 Å². The van der Waals surface area contributed by atoms with E-state index < -0.39 is 6.61 Å². The van der Waals surface area contributed by atoms with Gasteiger partial charge in [0.1, 0.15) is 5.75 Å². The minimum Gasteiger partial charge on any atom is -0.433 e. The van der Waals surface area contributed by atoms with Gasteiger partial charge in [-0.05, 0) is 30.3 Å². The number of aromatic nitrogens is 2. The van der Waals surface area contributed by atoms with Gasteiger partial charge in [-0.2, -0.15) is 8.78 Å². The number of carbonyl (C=O) groups excluding carboxylic acids is 1. The lowest BCUT2D eigenvalue weighted by Gasteiger charge is -2.09. The van der Waals surface area contributed by atoms with Crippen LogP contribution in [-0.2, 0) is 4.79 Å². The summed E-state index contributed by atoms with van der Waals surface area (Å²) in [6.07, 6.45) is 3.59. The maximum atomic E-state index is 12.2. The van der Waals surface area contributed by atoms with E-state index in [-0.39, 0.29) is 22.4 Å². The highest BCUT2D eigenvalue weighted by atomic mass is 35.5. The van der Waals surface area contributed by atoms with Crippen LogP contribution in [0.2, 0.25) is 5.02 Å². The van der Waals surface area contributed by atoms with Gasteiger partial charge in [-0.15, -0.1) is 0 Å². The number of hydrogen-bond donors (Lipinski definition) is 1. The van der Waals surface area contributed by atoms with Crippen LogP contribution in [0, 0.1) is 0 Å². The van der Waals surface area contributed by atoms with Crippen molar-refractivity contribution in [2.45, 2.75) is 11.8 Å². The van der Waals surface area contributed by atoms with Gasteiger partial charge in [-0.1, -0.05) is 29.4 Å². The molecule has 0 saturated carbocycles. The lowest BCUT2D eigenvalue weighted by Crippen LogP contribution is -2.14. The molecule has 0 bridgehead atoms. The number of amides is 1. The van der Waals surface area contributed by atoms with Crippen LogP contribution in [-0.4, -0.2) is 27.7 Å². The number of pyridine rings is 1. The second-order valence-electron chi connectivity index (χ2n) is 4.90. The molecule has 0 radical (unpaired) electrons. The molecule has 1 N–H and O–H groups in total. The monoisotopic (exact) mass is 383 g/mol. The van der Waals surface area contributed by atoms with Gasteiger partial charge in [0.05, 0.1) is 22.5 Å². The summed E-state index contributed by atoms with van der Waals surface area (Å²) in [5, 5.41) is 3.34. The van der Waals surface area contributed by atoms with E-state index in [1.54, 1.807) is 6.20 Å². The first-order chi connectivity index (χ1) is 12.0. The smallest absolute Gasteiger partial charge is 0.387 e. The van der Waals surface area contributed by atoms with Crippen LogP contribution in [0.15, 0.2) is 53.9 Å². The lowest BCUT2D eigenvalue weighted by atomic mass is 10.3. The van der Waals surface area contributed by atoms with Crippen LogP contribution in [0.5, 0.6) is 5.75 Å². The Bertz CT molecular complexity index is 904. The highest BCUT2D eigenvalue weighted by Crippen LogP contribution is 2.29. The third-order valence-corrected chi connectivity index (χ3v) is 4.43. The molecule has 3 aromatic rings. The summed E-state index contributed by atoms with van der Waals surface area (Å²) in [4.78, 5) is 16.3. The third-order valence-electron chi connectivity index (χ3n) is 3.17. The number of thioether (sulfide) groups is 1. The Hall–Kier alpha value is -2.32. The van der Waals surface area contributed by atoms with Crippen LogP contribution >= 0.6 is 23.4 Å². The number of imidazole rings is 1. The molecule has 0 unspecified atom stereocenters. The van der Waals surface area contributed by atoms with E-state index in [0.29, 0.717) is 10.8 Å². The number of nitrogens with one attached hydrogen (secondary N) is 1. The number of rotatable bonds is 6. The average molecular weight is 384 g/mol. The van der Waals surface area contributed by atoms with Crippen LogP contribution in [0.4, 0.5) is 14.5 Å². The molecule has 130 valence electrons. The molecule has 0 aliphatic heterocycles. The van der Waals surface area contributed by atoms with Crippen molar-refractivity contribution in [1.82, 2.24) is 9.38 Å². The van der Waals surface area contributed by atoms with E-state index in [1.807, 2.05) is 28.8 Å². The molecule has 1 amide bonds. The van der Waals surface area contributed by atoms with Gasteiger partial charge in [-0.3, -0.25) is 9.20 Å². The zero-order valence-corrected chi connectivity index (χ0v) is 14.2. The van der Waals surface area contributed by atoms with Crippen molar-refractivity contribution in [1.29, 1.82) is 0 Å². The summed E-state index contributed by atoms with van der Waals surface area (Å²) in [6, 6.07) is 9.78. The molecule has 1 aromatic carbocycles. The minimum absolute atomic E-state index is 0.00926. The number of alkyl halides is 2. The van der Waals surface area contributed by atoms with E-state index in [9.17, 15) is 13.6 Å². The Morgan fingerprint density at radius 2 is 2.20 bits per heavy atom. The predicted molar refractivity (Wildman–Crippen MR) is 92.6 cm³/mol. The summed E-state index contributed by atoms with van der Waals surface area (Å²) < 4.78 is 30.5. The molecule has 2 heterocycles. The zero-order valence-electron chi connectivity index (χ0n) is 12.7. The Balaban J connectivity index is 1.60.